The molecule has 1 aliphatic carbocycles. The SMILES string of the molecule is O=C(Nc1cccc(N2CCOC2=O)c1)c1ccc2c(c1)C(=O)N(C1CCCCC1)C2=O. The van der Waals surface area contributed by atoms with Crippen molar-refractivity contribution < 1.29 is 23.9 Å². The van der Waals surface area contributed by atoms with Crippen molar-refractivity contribution in [2.45, 2.75) is 38.1 Å². The highest BCUT2D eigenvalue weighted by Gasteiger charge is 2.40. The van der Waals surface area contributed by atoms with Crippen molar-refractivity contribution in [2.75, 3.05) is 23.4 Å². The molecule has 1 N–H and O–H groups in total. The van der Waals surface area contributed by atoms with Crippen molar-refractivity contribution in [1.29, 1.82) is 0 Å². The van der Waals surface area contributed by atoms with Crippen molar-refractivity contribution in [3.05, 3.63) is 59.2 Å². The first kappa shape index (κ1) is 20.2. The monoisotopic (exact) mass is 433 g/mol. The predicted molar refractivity (Wildman–Crippen MR) is 117 cm³/mol. The van der Waals surface area contributed by atoms with Gasteiger partial charge in [0.2, 0.25) is 0 Å². The molecule has 164 valence electrons. The number of nitrogens with one attached hydrogen (secondary N) is 1. The van der Waals surface area contributed by atoms with Crippen LogP contribution < -0.4 is 10.2 Å². The zero-order chi connectivity index (χ0) is 22.2. The van der Waals surface area contributed by atoms with Gasteiger partial charge in [0.1, 0.15) is 6.61 Å². The summed E-state index contributed by atoms with van der Waals surface area (Å²) in [6, 6.07) is 11.5. The molecule has 2 heterocycles. The second-order valence-electron chi connectivity index (χ2n) is 8.30. The lowest BCUT2D eigenvalue weighted by Crippen LogP contribution is -2.40. The molecule has 2 fully saturated rings. The van der Waals surface area contributed by atoms with Gasteiger partial charge in [-0.3, -0.25) is 24.2 Å². The van der Waals surface area contributed by atoms with Gasteiger partial charge in [-0.05, 0) is 49.2 Å². The molecule has 0 spiro atoms. The minimum Gasteiger partial charge on any atom is -0.447 e. The van der Waals surface area contributed by atoms with E-state index in [0.29, 0.717) is 35.7 Å². The predicted octanol–water partition coefficient (Wildman–Crippen LogP) is 3.82. The molecule has 8 nitrogen and oxygen atoms in total. The standard InChI is InChI=1S/C24H23N3O5/c28-21(25-16-5-4-8-18(14-16)26-11-12-32-24(26)31)15-9-10-19-20(13-15)23(30)27(22(19)29)17-6-2-1-3-7-17/h4-5,8-10,13-14,17H,1-3,6-7,11-12H2,(H,25,28). The summed E-state index contributed by atoms with van der Waals surface area (Å²) in [6.07, 6.45) is 4.40. The third-order valence-electron chi connectivity index (χ3n) is 6.30. The number of nitrogens with zero attached hydrogens (tertiary/aromatic N) is 2. The normalized spacial score (nSPS) is 18.7. The molecule has 1 saturated heterocycles. The van der Waals surface area contributed by atoms with Crippen LogP contribution in [0.25, 0.3) is 0 Å². The minimum atomic E-state index is -0.419. The van der Waals surface area contributed by atoms with Crippen molar-refractivity contribution >= 4 is 35.2 Å². The number of carbonyl (C=O) groups excluding carboxylic acids is 4. The van der Waals surface area contributed by atoms with Crippen LogP contribution in [-0.4, -0.2) is 47.9 Å². The van der Waals surface area contributed by atoms with E-state index in [9.17, 15) is 19.2 Å². The van der Waals surface area contributed by atoms with Crippen LogP contribution in [-0.2, 0) is 4.74 Å². The molecular formula is C24H23N3O5. The third-order valence-corrected chi connectivity index (χ3v) is 6.30. The molecule has 0 unspecified atom stereocenters. The summed E-state index contributed by atoms with van der Waals surface area (Å²) in [6.45, 7) is 0.782. The lowest BCUT2D eigenvalue weighted by molar-refractivity contribution is 0.0548. The van der Waals surface area contributed by atoms with E-state index in [-0.39, 0.29) is 23.4 Å². The summed E-state index contributed by atoms with van der Waals surface area (Å²) >= 11 is 0. The molecule has 4 amide bonds. The first-order chi connectivity index (χ1) is 15.5. The van der Waals surface area contributed by atoms with E-state index >= 15 is 0 Å². The smallest absolute Gasteiger partial charge is 0.414 e. The van der Waals surface area contributed by atoms with E-state index in [0.717, 1.165) is 32.1 Å². The Morgan fingerprint density at radius 2 is 1.72 bits per heavy atom. The van der Waals surface area contributed by atoms with Crippen LogP contribution >= 0.6 is 0 Å². The molecule has 1 saturated carbocycles. The van der Waals surface area contributed by atoms with Gasteiger partial charge in [-0.2, -0.15) is 0 Å². The quantitative estimate of drug-likeness (QED) is 0.740. The van der Waals surface area contributed by atoms with Crippen LogP contribution in [0.5, 0.6) is 0 Å². The molecule has 0 aromatic heterocycles. The molecule has 0 atom stereocenters. The fourth-order valence-electron chi connectivity index (χ4n) is 4.65. The Morgan fingerprint density at radius 3 is 2.47 bits per heavy atom. The maximum absolute atomic E-state index is 13.0. The summed E-state index contributed by atoms with van der Waals surface area (Å²) in [5.41, 5.74) is 2.07. The van der Waals surface area contributed by atoms with Gasteiger partial charge < -0.3 is 10.1 Å². The molecule has 0 bridgehead atoms. The fourth-order valence-corrected chi connectivity index (χ4v) is 4.65. The first-order valence-electron chi connectivity index (χ1n) is 10.9. The Kier molecular flexibility index (Phi) is 5.13. The lowest BCUT2D eigenvalue weighted by atomic mass is 9.94. The molecule has 8 heteroatoms. The maximum atomic E-state index is 13.0. The summed E-state index contributed by atoms with van der Waals surface area (Å²) in [4.78, 5) is 53.3. The van der Waals surface area contributed by atoms with Gasteiger partial charge in [0.05, 0.1) is 17.7 Å². The first-order valence-corrected chi connectivity index (χ1v) is 10.9. The van der Waals surface area contributed by atoms with Gasteiger partial charge in [-0.1, -0.05) is 25.3 Å². The van der Waals surface area contributed by atoms with Crippen LogP contribution in [0.4, 0.5) is 16.2 Å². The van der Waals surface area contributed by atoms with Gasteiger partial charge in [0, 0.05) is 23.0 Å². The molecule has 5 rings (SSSR count). The van der Waals surface area contributed by atoms with Gasteiger partial charge in [-0.25, -0.2) is 4.79 Å². The molecule has 3 aliphatic rings. The lowest BCUT2D eigenvalue weighted by Gasteiger charge is -2.29. The number of ether oxygens (including phenoxy) is 1. The van der Waals surface area contributed by atoms with Crippen LogP contribution in [0.15, 0.2) is 42.5 Å². The number of amides is 4. The largest absolute Gasteiger partial charge is 0.447 e. The summed E-state index contributed by atoms with van der Waals surface area (Å²) in [5.74, 6) is -0.986. The highest BCUT2D eigenvalue weighted by Crippen LogP contribution is 2.31. The minimum absolute atomic E-state index is 0.0616. The highest BCUT2D eigenvalue weighted by molar-refractivity contribution is 6.22. The van der Waals surface area contributed by atoms with Crippen LogP contribution in [0.1, 0.15) is 63.2 Å². The van der Waals surface area contributed by atoms with Gasteiger partial charge in [0.25, 0.3) is 17.7 Å². The van der Waals surface area contributed by atoms with Gasteiger partial charge in [0.15, 0.2) is 0 Å². The average Bonchev–Trinajstić information content (AvgIpc) is 3.35. The molecular weight excluding hydrogens is 410 g/mol. The number of anilines is 2. The molecule has 0 radical (unpaired) electrons. The van der Waals surface area contributed by atoms with E-state index in [1.807, 2.05) is 0 Å². The van der Waals surface area contributed by atoms with Crippen LogP contribution in [0.2, 0.25) is 0 Å². The van der Waals surface area contributed by atoms with E-state index in [1.165, 1.54) is 15.9 Å². The van der Waals surface area contributed by atoms with Crippen LogP contribution in [0.3, 0.4) is 0 Å². The second kappa shape index (κ2) is 8.11. The van der Waals surface area contributed by atoms with Gasteiger partial charge in [-0.15, -0.1) is 0 Å². The average molecular weight is 433 g/mol. The topological polar surface area (TPSA) is 96.0 Å². The number of fused-ring (bicyclic) bond motifs is 1. The van der Waals surface area contributed by atoms with E-state index in [4.69, 9.17) is 4.74 Å². The Balaban J connectivity index is 1.35. The van der Waals surface area contributed by atoms with E-state index < -0.39 is 12.0 Å². The highest BCUT2D eigenvalue weighted by atomic mass is 16.6. The fraction of sp³-hybridized carbons (Fsp3) is 0.333. The number of benzene rings is 2. The second-order valence-corrected chi connectivity index (χ2v) is 8.30. The Labute approximate surface area is 185 Å². The summed E-state index contributed by atoms with van der Waals surface area (Å²) in [5, 5.41) is 2.80. The number of imide groups is 1. The zero-order valence-corrected chi connectivity index (χ0v) is 17.5. The van der Waals surface area contributed by atoms with Crippen molar-refractivity contribution in [1.82, 2.24) is 4.90 Å². The Bertz CT molecular complexity index is 1120. The number of rotatable bonds is 4. The van der Waals surface area contributed by atoms with Crippen molar-refractivity contribution in [3.63, 3.8) is 0 Å². The third kappa shape index (κ3) is 3.51. The number of cyclic esters (lactones) is 1. The summed E-state index contributed by atoms with van der Waals surface area (Å²) in [7, 11) is 0. The van der Waals surface area contributed by atoms with Gasteiger partial charge >= 0.3 is 6.09 Å². The molecule has 2 aromatic carbocycles. The number of carbonyl (C=O) groups is 4. The number of hydrogen-bond donors (Lipinski definition) is 1. The molecule has 2 aliphatic heterocycles. The maximum Gasteiger partial charge on any atom is 0.414 e. The Hall–Kier alpha value is -3.68. The Morgan fingerprint density at radius 1 is 0.938 bits per heavy atom. The molecule has 2 aromatic rings. The zero-order valence-electron chi connectivity index (χ0n) is 17.5. The molecule has 32 heavy (non-hydrogen) atoms. The van der Waals surface area contributed by atoms with Crippen molar-refractivity contribution in [3.8, 4) is 0 Å². The van der Waals surface area contributed by atoms with Crippen LogP contribution in [0, 0.1) is 0 Å². The van der Waals surface area contributed by atoms with E-state index in [1.54, 1.807) is 36.4 Å². The van der Waals surface area contributed by atoms with E-state index in [2.05, 4.69) is 5.32 Å². The summed E-state index contributed by atoms with van der Waals surface area (Å²) < 4.78 is 4.96. The number of hydrogen-bond acceptors (Lipinski definition) is 5. The van der Waals surface area contributed by atoms with Crippen molar-refractivity contribution in [2.24, 2.45) is 0 Å².